The lowest BCUT2D eigenvalue weighted by molar-refractivity contribution is 0.264. The molecular formula is C15H22FNOS. The monoisotopic (exact) mass is 283 g/mol. The van der Waals surface area contributed by atoms with Crippen LogP contribution in [0.1, 0.15) is 33.1 Å². The van der Waals surface area contributed by atoms with Crippen LogP contribution in [-0.2, 0) is 10.8 Å². The Kier molecular flexibility index (Phi) is 4.74. The summed E-state index contributed by atoms with van der Waals surface area (Å²) < 4.78 is 25.5. The van der Waals surface area contributed by atoms with Gasteiger partial charge in [-0.05, 0) is 55.4 Å². The Morgan fingerprint density at radius 2 is 1.89 bits per heavy atom. The Hall–Kier alpha value is -0.740. The van der Waals surface area contributed by atoms with Gasteiger partial charge in [0.15, 0.2) is 0 Å². The number of rotatable bonds is 3. The van der Waals surface area contributed by atoms with Crippen molar-refractivity contribution >= 4 is 10.8 Å². The minimum atomic E-state index is -1.14. The first-order chi connectivity index (χ1) is 8.99. The molecule has 1 aromatic carbocycles. The Bertz CT molecular complexity index is 446. The van der Waals surface area contributed by atoms with Crippen molar-refractivity contribution in [2.45, 2.75) is 49.3 Å². The average molecular weight is 283 g/mol. The molecule has 0 heterocycles. The second-order valence-corrected chi connectivity index (χ2v) is 7.44. The van der Waals surface area contributed by atoms with Gasteiger partial charge in [-0.2, -0.15) is 0 Å². The largest absolute Gasteiger partial charge is 0.327 e. The van der Waals surface area contributed by atoms with E-state index in [0.29, 0.717) is 16.7 Å². The first kappa shape index (κ1) is 14.7. The normalized spacial score (nSPS) is 29.4. The fraction of sp³-hybridized carbons (Fsp3) is 0.600. The van der Waals surface area contributed by atoms with Gasteiger partial charge in [0, 0.05) is 10.9 Å². The van der Waals surface area contributed by atoms with Crippen LogP contribution in [0.4, 0.5) is 4.39 Å². The lowest BCUT2D eigenvalue weighted by Gasteiger charge is -2.35. The minimum absolute atomic E-state index is 0.00777. The van der Waals surface area contributed by atoms with Gasteiger partial charge in [0.2, 0.25) is 0 Å². The number of nitrogens with two attached hydrogens (primary N) is 1. The predicted octanol–water partition coefficient (Wildman–Crippen LogP) is 3.09. The lowest BCUT2D eigenvalue weighted by atomic mass is 9.79. The molecule has 0 aromatic heterocycles. The van der Waals surface area contributed by atoms with Crippen LogP contribution in [0.5, 0.6) is 0 Å². The van der Waals surface area contributed by atoms with Crippen molar-refractivity contribution in [1.82, 2.24) is 0 Å². The maximum Gasteiger partial charge on any atom is 0.123 e. The fourth-order valence-electron chi connectivity index (χ4n) is 2.78. The predicted molar refractivity (Wildman–Crippen MR) is 76.8 cm³/mol. The zero-order chi connectivity index (χ0) is 14.0. The summed E-state index contributed by atoms with van der Waals surface area (Å²) in [4.78, 5) is 0.686. The average Bonchev–Trinajstić information content (AvgIpc) is 2.39. The van der Waals surface area contributed by atoms with E-state index in [9.17, 15) is 8.60 Å². The van der Waals surface area contributed by atoms with E-state index in [1.807, 2.05) is 0 Å². The Morgan fingerprint density at radius 1 is 1.26 bits per heavy atom. The van der Waals surface area contributed by atoms with E-state index in [-0.39, 0.29) is 17.1 Å². The molecule has 2 N–H and O–H groups in total. The molecule has 1 fully saturated rings. The summed E-state index contributed by atoms with van der Waals surface area (Å²) >= 11 is 0. The second-order valence-electron chi connectivity index (χ2n) is 5.77. The van der Waals surface area contributed by atoms with Gasteiger partial charge < -0.3 is 5.73 Å². The smallest absolute Gasteiger partial charge is 0.123 e. The van der Waals surface area contributed by atoms with Crippen LogP contribution in [0.2, 0.25) is 0 Å². The van der Waals surface area contributed by atoms with Gasteiger partial charge in [0.05, 0.1) is 16.0 Å². The van der Waals surface area contributed by atoms with Crippen molar-refractivity contribution in [2.75, 3.05) is 0 Å². The van der Waals surface area contributed by atoms with E-state index >= 15 is 0 Å². The van der Waals surface area contributed by atoms with Crippen LogP contribution in [-0.4, -0.2) is 15.5 Å². The highest BCUT2D eigenvalue weighted by molar-refractivity contribution is 7.85. The van der Waals surface area contributed by atoms with Crippen LogP contribution in [0.15, 0.2) is 29.2 Å². The first-order valence-electron chi connectivity index (χ1n) is 6.90. The molecule has 1 aromatic rings. The summed E-state index contributed by atoms with van der Waals surface area (Å²) in [5.41, 5.74) is 6.14. The Labute approximate surface area is 117 Å². The van der Waals surface area contributed by atoms with Gasteiger partial charge in [-0.1, -0.05) is 13.8 Å². The standard InChI is InChI=1S/C15H22FNOS/c1-10(2)11-3-8-14(17)15(9-11)19(18)13-6-4-12(16)5-7-13/h4-7,10-11,14-15H,3,8-9,17H2,1-2H3. The van der Waals surface area contributed by atoms with Crippen molar-refractivity contribution in [3.8, 4) is 0 Å². The SMILES string of the molecule is CC(C)C1CCC(N)C(S(=O)c2ccc(F)cc2)C1. The van der Waals surface area contributed by atoms with Crippen LogP contribution in [0.25, 0.3) is 0 Å². The summed E-state index contributed by atoms with van der Waals surface area (Å²) in [7, 11) is -1.14. The third kappa shape index (κ3) is 3.42. The summed E-state index contributed by atoms with van der Waals surface area (Å²) in [6.07, 6.45) is 2.96. The van der Waals surface area contributed by atoms with Crippen molar-refractivity contribution in [3.63, 3.8) is 0 Å². The molecule has 1 saturated carbocycles. The molecule has 1 aliphatic carbocycles. The van der Waals surface area contributed by atoms with Gasteiger partial charge in [0.25, 0.3) is 0 Å². The molecule has 2 nitrogen and oxygen atoms in total. The van der Waals surface area contributed by atoms with E-state index in [4.69, 9.17) is 5.73 Å². The fourth-order valence-corrected chi connectivity index (χ4v) is 4.41. The molecule has 4 atom stereocenters. The van der Waals surface area contributed by atoms with Gasteiger partial charge in [0.1, 0.15) is 5.82 Å². The highest BCUT2D eigenvalue weighted by Crippen LogP contribution is 2.33. The molecular weight excluding hydrogens is 261 g/mol. The first-order valence-corrected chi connectivity index (χ1v) is 8.12. The topological polar surface area (TPSA) is 43.1 Å². The summed E-state index contributed by atoms with van der Waals surface area (Å²) in [6.45, 7) is 4.42. The second kappa shape index (κ2) is 6.14. The summed E-state index contributed by atoms with van der Waals surface area (Å²) in [5, 5.41) is -0.00777. The number of hydrogen-bond donors (Lipinski definition) is 1. The highest BCUT2D eigenvalue weighted by Gasteiger charge is 2.33. The van der Waals surface area contributed by atoms with Gasteiger partial charge in [-0.25, -0.2) is 4.39 Å². The maximum absolute atomic E-state index is 12.9. The zero-order valence-corrected chi connectivity index (χ0v) is 12.3. The molecule has 4 heteroatoms. The molecule has 0 radical (unpaired) electrons. The van der Waals surface area contributed by atoms with Crippen LogP contribution in [0, 0.1) is 17.7 Å². The van der Waals surface area contributed by atoms with Crippen molar-refractivity contribution in [1.29, 1.82) is 0 Å². The van der Waals surface area contributed by atoms with Crippen molar-refractivity contribution in [3.05, 3.63) is 30.1 Å². The molecule has 0 spiro atoms. The molecule has 0 saturated heterocycles. The Balaban J connectivity index is 2.14. The van der Waals surface area contributed by atoms with Gasteiger partial charge in [-0.3, -0.25) is 4.21 Å². The van der Waals surface area contributed by atoms with E-state index in [1.54, 1.807) is 12.1 Å². The molecule has 0 amide bonds. The van der Waals surface area contributed by atoms with Crippen molar-refractivity contribution in [2.24, 2.45) is 17.6 Å². The van der Waals surface area contributed by atoms with E-state index in [2.05, 4.69) is 13.8 Å². The molecule has 0 bridgehead atoms. The maximum atomic E-state index is 12.9. The van der Waals surface area contributed by atoms with Crippen LogP contribution in [0.3, 0.4) is 0 Å². The van der Waals surface area contributed by atoms with Crippen LogP contribution < -0.4 is 5.73 Å². The van der Waals surface area contributed by atoms with Crippen molar-refractivity contribution < 1.29 is 8.60 Å². The molecule has 19 heavy (non-hydrogen) atoms. The van der Waals surface area contributed by atoms with E-state index < -0.39 is 10.8 Å². The number of benzene rings is 1. The van der Waals surface area contributed by atoms with E-state index in [0.717, 1.165) is 19.3 Å². The van der Waals surface area contributed by atoms with Gasteiger partial charge >= 0.3 is 0 Å². The third-order valence-electron chi connectivity index (χ3n) is 4.15. The Morgan fingerprint density at radius 3 is 2.47 bits per heavy atom. The molecule has 4 unspecified atom stereocenters. The molecule has 2 rings (SSSR count). The van der Waals surface area contributed by atoms with Crippen LogP contribution >= 0.6 is 0 Å². The quantitative estimate of drug-likeness (QED) is 0.926. The number of hydrogen-bond acceptors (Lipinski definition) is 2. The number of halogens is 1. The van der Waals surface area contributed by atoms with Gasteiger partial charge in [-0.15, -0.1) is 0 Å². The third-order valence-corrected chi connectivity index (χ3v) is 5.98. The van der Waals surface area contributed by atoms with E-state index in [1.165, 1.54) is 12.1 Å². The molecule has 106 valence electrons. The molecule has 0 aliphatic heterocycles. The lowest BCUT2D eigenvalue weighted by Crippen LogP contribution is -2.43. The highest BCUT2D eigenvalue weighted by atomic mass is 32.2. The minimum Gasteiger partial charge on any atom is -0.327 e. The summed E-state index contributed by atoms with van der Waals surface area (Å²) in [5.74, 6) is 0.892. The summed E-state index contributed by atoms with van der Waals surface area (Å²) in [6, 6.07) is 5.93. The molecule has 1 aliphatic rings. The zero-order valence-electron chi connectivity index (χ0n) is 11.5.